The van der Waals surface area contributed by atoms with Gasteiger partial charge in [-0.1, -0.05) is 12.1 Å². The molecule has 1 atom stereocenters. The zero-order valence-electron chi connectivity index (χ0n) is 9.92. The molecule has 0 aromatic heterocycles. The van der Waals surface area contributed by atoms with Crippen LogP contribution in [0.15, 0.2) is 18.2 Å². The highest BCUT2D eigenvalue weighted by atomic mass is 16.6. The number of nitro groups is 1. The van der Waals surface area contributed by atoms with Crippen LogP contribution in [0.25, 0.3) is 0 Å². The van der Waals surface area contributed by atoms with Crippen LogP contribution in [0, 0.1) is 17.0 Å². The number of nitrogens with one attached hydrogen (secondary N) is 1. The predicted molar refractivity (Wildman–Crippen MR) is 65.2 cm³/mol. The normalized spacial score (nSPS) is 12.1. The van der Waals surface area contributed by atoms with Gasteiger partial charge >= 0.3 is 5.97 Å². The molecular formula is C11H15N3O4. The Kier molecular flexibility index (Phi) is 4.75. The van der Waals surface area contributed by atoms with E-state index in [9.17, 15) is 14.9 Å². The van der Waals surface area contributed by atoms with E-state index in [-0.39, 0.29) is 12.2 Å². The molecule has 0 spiro atoms. The van der Waals surface area contributed by atoms with Gasteiger partial charge in [0.05, 0.1) is 4.92 Å². The maximum Gasteiger partial charge on any atom is 0.321 e. The second-order valence-corrected chi connectivity index (χ2v) is 3.89. The molecule has 0 aliphatic rings. The molecule has 0 radical (unpaired) electrons. The Hall–Kier alpha value is -1.99. The number of carboxylic acid groups (broad SMARTS) is 1. The maximum absolute atomic E-state index is 10.7. The summed E-state index contributed by atoms with van der Waals surface area (Å²) in [7, 11) is 0. The van der Waals surface area contributed by atoms with E-state index in [1.54, 1.807) is 19.1 Å². The number of benzene rings is 1. The van der Waals surface area contributed by atoms with E-state index in [2.05, 4.69) is 5.32 Å². The van der Waals surface area contributed by atoms with E-state index in [0.717, 1.165) is 5.56 Å². The molecule has 1 aromatic rings. The first kappa shape index (κ1) is 14.1. The highest BCUT2D eigenvalue weighted by molar-refractivity contribution is 5.73. The fourth-order valence-corrected chi connectivity index (χ4v) is 1.51. The smallest absolute Gasteiger partial charge is 0.321 e. The molecule has 0 fully saturated rings. The first-order chi connectivity index (χ1) is 8.43. The molecule has 0 bridgehead atoms. The number of nitrogens with zero attached hydrogens (tertiary/aromatic N) is 1. The third kappa shape index (κ3) is 3.51. The Morgan fingerprint density at radius 1 is 1.61 bits per heavy atom. The molecule has 0 saturated heterocycles. The molecule has 0 aliphatic heterocycles. The van der Waals surface area contributed by atoms with E-state index in [0.29, 0.717) is 12.1 Å². The van der Waals surface area contributed by atoms with E-state index < -0.39 is 16.9 Å². The second kappa shape index (κ2) is 6.08. The van der Waals surface area contributed by atoms with Crippen LogP contribution in [0.5, 0.6) is 0 Å². The number of carbonyl (C=O) groups is 1. The Balaban J connectivity index is 2.66. The van der Waals surface area contributed by atoms with Crippen molar-refractivity contribution < 1.29 is 14.8 Å². The van der Waals surface area contributed by atoms with E-state index in [4.69, 9.17) is 10.8 Å². The molecule has 0 amide bonds. The lowest BCUT2D eigenvalue weighted by molar-refractivity contribution is -0.385. The van der Waals surface area contributed by atoms with Gasteiger partial charge in [0.1, 0.15) is 6.04 Å². The summed E-state index contributed by atoms with van der Waals surface area (Å²) in [6.07, 6.45) is 0. The summed E-state index contributed by atoms with van der Waals surface area (Å²) < 4.78 is 0. The molecule has 0 aliphatic carbocycles. The van der Waals surface area contributed by atoms with Gasteiger partial charge in [-0.3, -0.25) is 14.9 Å². The Bertz CT molecular complexity index is 462. The average Bonchev–Trinajstić information content (AvgIpc) is 2.30. The Morgan fingerprint density at radius 3 is 2.83 bits per heavy atom. The summed E-state index contributed by atoms with van der Waals surface area (Å²) in [5.41, 5.74) is 6.70. The van der Waals surface area contributed by atoms with Crippen molar-refractivity contribution in [2.24, 2.45) is 5.73 Å². The molecule has 1 aromatic carbocycles. The van der Waals surface area contributed by atoms with Gasteiger partial charge in [-0.25, -0.2) is 0 Å². The van der Waals surface area contributed by atoms with E-state index >= 15 is 0 Å². The van der Waals surface area contributed by atoms with Crippen LogP contribution in [-0.4, -0.2) is 28.6 Å². The highest BCUT2D eigenvalue weighted by Crippen LogP contribution is 2.20. The molecule has 7 heteroatoms. The second-order valence-electron chi connectivity index (χ2n) is 3.89. The van der Waals surface area contributed by atoms with Crippen molar-refractivity contribution >= 4 is 11.7 Å². The lowest BCUT2D eigenvalue weighted by Gasteiger charge is -2.10. The van der Waals surface area contributed by atoms with E-state index in [1.807, 2.05) is 0 Å². The molecular weight excluding hydrogens is 238 g/mol. The van der Waals surface area contributed by atoms with Crippen molar-refractivity contribution in [1.29, 1.82) is 0 Å². The van der Waals surface area contributed by atoms with Crippen LogP contribution >= 0.6 is 0 Å². The van der Waals surface area contributed by atoms with Crippen molar-refractivity contribution in [3.05, 3.63) is 39.4 Å². The highest BCUT2D eigenvalue weighted by Gasteiger charge is 2.14. The minimum atomic E-state index is -1.08. The zero-order valence-corrected chi connectivity index (χ0v) is 9.92. The lowest BCUT2D eigenvalue weighted by Crippen LogP contribution is -2.40. The summed E-state index contributed by atoms with van der Waals surface area (Å²) in [5.74, 6) is -1.08. The number of hydrogen-bond acceptors (Lipinski definition) is 5. The summed E-state index contributed by atoms with van der Waals surface area (Å²) in [5, 5.41) is 22.2. The quantitative estimate of drug-likeness (QED) is 0.499. The standard InChI is InChI=1S/C11H15N3O4/c1-7-8(3-2-4-10(7)14(17)18)5-13-6-9(12)11(15)16/h2-4,9,13H,5-6,12H2,1H3,(H,15,16). The summed E-state index contributed by atoms with van der Waals surface area (Å²) in [4.78, 5) is 20.8. The third-order valence-electron chi connectivity index (χ3n) is 2.61. The van der Waals surface area contributed by atoms with Crippen LogP contribution in [0.1, 0.15) is 11.1 Å². The fraction of sp³-hybridized carbons (Fsp3) is 0.364. The molecule has 4 N–H and O–H groups in total. The van der Waals surface area contributed by atoms with Crippen LogP contribution in [0.3, 0.4) is 0 Å². The van der Waals surface area contributed by atoms with Crippen molar-refractivity contribution in [3.8, 4) is 0 Å². The summed E-state index contributed by atoms with van der Waals surface area (Å²) >= 11 is 0. The number of carboxylic acids is 1. The van der Waals surface area contributed by atoms with Gasteiger partial charge in [-0.15, -0.1) is 0 Å². The van der Waals surface area contributed by atoms with Gasteiger partial charge in [0.2, 0.25) is 0 Å². The monoisotopic (exact) mass is 253 g/mol. The number of rotatable bonds is 6. The molecule has 18 heavy (non-hydrogen) atoms. The lowest BCUT2D eigenvalue weighted by atomic mass is 10.1. The number of nitro benzene ring substituents is 1. The minimum Gasteiger partial charge on any atom is -0.480 e. The van der Waals surface area contributed by atoms with Crippen molar-refractivity contribution in [2.75, 3.05) is 6.54 Å². The van der Waals surface area contributed by atoms with Gasteiger partial charge in [-0.2, -0.15) is 0 Å². The molecule has 1 rings (SSSR count). The molecule has 7 nitrogen and oxygen atoms in total. The topological polar surface area (TPSA) is 118 Å². The van der Waals surface area contributed by atoms with Crippen LogP contribution < -0.4 is 11.1 Å². The molecule has 0 heterocycles. The fourth-order valence-electron chi connectivity index (χ4n) is 1.51. The van der Waals surface area contributed by atoms with Gasteiger partial charge in [-0.05, 0) is 12.5 Å². The number of hydrogen-bond donors (Lipinski definition) is 3. The Morgan fingerprint density at radius 2 is 2.28 bits per heavy atom. The van der Waals surface area contributed by atoms with Crippen LogP contribution in [-0.2, 0) is 11.3 Å². The summed E-state index contributed by atoms with van der Waals surface area (Å²) in [6.45, 7) is 2.11. The minimum absolute atomic E-state index is 0.0526. The first-order valence-electron chi connectivity index (χ1n) is 5.35. The first-order valence-corrected chi connectivity index (χ1v) is 5.35. The van der Waals surface area contributed by atoms with Crippen molar-refractivity contribution in [3.63, 3.8) is 0 Å². The largest absolute Gasteiger partial charge is 0.480 e. The average molecular weight is 253 g/mol. The maximum atomic E-state index is 10.7. The predicted octanol–water partition coefficient (Wildman–Crippen LogP) is 0.405. The van der Waals surface area contributed by atoms with Gasteiger partial charge in [0, 0.05) is 24.7 Å². The Labute approximate surface area is 104 Å². The van der Waals surface area contributed by atoms with Crippen molar-refractivity contribution in [2.45, 2.75) is 19.5 Å². The van der Waals surface area contributed by atoms with Crippen LogP contribution in [0.2, 0.25) is 0 Å². The summed E-state index contributed by atoms with van der Waals surface area (Å²) in [6, 6.07) is 3.80. The third-order valence-corrected chi connectivity index (χ3v) is 2.61. The van der Waals surface area contributed by atoms with Gasteiger partial charge < -0.3 is 16.2 Å². The van der Waals surface area contributed by atoms with Crippen LogP contribution in [0.4, 0.5) is 5.69 Å². The molecule has 0 saturated carbocycles. The zero-order chi connectivity index (χ0) is 13.7. The van der Waals surface area contributed by atoms with E-state index in [1.165, 1.54) is 6.07 Å². The van der Waals surface area contributed by atoms with Crippen molar-refractivity contribution in [1.82, 2.24) is 5.32 Å². The number of aliphatic carboxylic acids is 1. The molecule has 98 valence electrons. The van der Waals surface area contributed by atoms with Gasteiger partial charge in [0.15, 0.2) is 0 Å². The van der Waals surface area contributed by atoms with Gasteiger partial charge in [0.25, 0.3) is 5.69 Å². The SMILES string of the molecule is Cc1c(CNCC(N)C(=O)O)cccc1[N+](=O)[O-]. The number of nitrogens with two attached hydrogens (primary N) is 1. The molecule has 1 unspecified atom stereocenters.